The molecule has 7 atom stereocenters. The van der Waals surface area contributed by atoms with Gasteiger partial charge in [-0.15, -0.1) is 11.8 Å². The molecule has 0 spiro atoms. The molecule has 7 nitrogen and oxygen atoms in total. The highest BCUT2D eigenvalue weighted by Crippen LogP contribution is 2.66. The lowest BCUT2D eigenvalue weighted by Crippen LogP contribution is -2.57. The highest BCUT2D eigenvalue weighted by Gasteiger charge is 2.56. The van der Waals surface area contributed by atoms with Crippen LogP contribution in [-0.4, -0.2) is 62.2 Å². The van der Waals surface area contributed by atoms with Crippen LogP contribution in [0.3, 0.4) is 0 Å². The summed E-state index contributed by atoms with van der Waals surface area (Å²) in [5.41, 5.74) is 1.70. The summed E-state index contributed by atoms with van der Waals surface area (Å²) in [5, 5.41) is 45.1. The molecule has 1 fully saturated rings. The van der Waals surface area contributed by atoms with Crippen molar-refractivity contribution in [1.82, 2.24) is 0 Å². The van der Waals surface area contributed by atoms with Crippen molar-refractivity contribution < 1.29 is 29.5 Å². The molecule has 1 saturated heterocycles. The first-order chi connectivity index (χ1) is 12.4. The number of allylic oxidation sites excluding steroid dienone is 1. The van der Waals surface area contributed by atoms with Gasteiger partial charge in [0.2, 0.25) is 7.37 Å². The molecule has 9 heteroatoms. The monoisotopic (exact) mass is 401 g/mol. The van der Waals surface area contributed by atoms with Gasteiger partial charge in [-0.3, -0.25) is 4.57 Å². The van der Waals surface area contributed by atoms with Crippen LogP contribution in [0.25, 0.3) is 0 Å². The van der Waals surface area contributed by atoms with Crippen molar-refractivity contribution in [2.75, 3.05) is 11.9 Å². The lowest BCUT2D eigenvalue weighted by Gasteiger charge is -2.46. The molecule has 0 bridgehead atoms. The van der Waals surface area contributed by atoms with Crippen molar-refractivity contribution in [3.05, 3.63) is 41.3 Å². The van der Waals surface area contributed by atoms with Crippen molar-refractivity contribution in [1.29, 1.82) is 0 Å². The molecule has 1 aromatic carbocycles. The SMILES string of the molecule is Cc1ccc(N[C@H]2[C@@H](O)[C@@H](O)[C@@H]([C@H](O)CO)OP2(=O)C2CC=CS2)cc1. The Kier molecular flexibility index (Phi) is 6.14. The molecule has 0 aromatic heterocycles. The molecule has 0 saturated carbocycles. The molecule has 2 aliphatic rings. The molecule has 26 heavy (non-hydrogen) atoms. The van der Waals surface area contributed by atoms with E-state index in [1.807, 2.05) is 30.5 Å². The largest absolute Gasteiger partial charge is 0.394 e. The molecule has 2 heterocycles. The van der Waals surface area contributed by atoms with Gasteiger partial charge in [0.05, 0.1) is 11.6 Å². The van der Waals surface area contributed by atoms with Crippen LogP contribution >= 0.6 is 19.1 Å². The minimum absolute atomic E-state index is 0.430. The number of aliphatic hydroxyl groups excluding tert-OH is 4. The summed E-state index contributed by atoms with van der Waals surface area (Å²) >= 11 is 1.34. The average molecular weight is 401 g/mol. The van der Waals surface area contributed by atoms with E-state index >= 15 is 0 Å². The van der Waals surface area contributed by atoms with Gasteiger partial charge in [-0.05, 0) is 30.9 Å². The first-order valence-corrected chi connectivity index (χ1v) is 11.1. The predicted octanol–water partition coefficient (Wildman–Crippen LogP) is 1.46. The van der Waals surface area contributed by atoms with E-state index in [0.29, 0.717) is 12.1 Å². The standard InChI is InChI=1S/C17H24NO6PS/c1-10-4-6-11(7-5-10)18-17-15(22)14(21)16(12(20)9-19)24-25(17,23)13-3-2-8-26-13/h2,4-8,12-22H,3,9H2,1H3/t12-,13?,14-,15+,16-,17-,25?/m1/s1. The van der Waals surface area contributed by atoms with Crippen molar-refractivity contribution >= 4 is 24.8 Å². The van der Waals surface area contributed by atoms with Crippen LogP contribution in [0, 0.1) is 6.92 Å². The predicted molar refractivity (Wildman–Crippen MR) is 101 cm³/mol. The van der Waals surface area contributed by atoms with Gasteiger partial charge in [0.15, 0.2) is 0 Å². The summed E-state index contributed by atoms with van der Waals surface area (Å²) in [5.74, 6) is -1.03. The van der Waals surface area contributed by atoms with Crippen molar-refractivity contribution in [3.8, 4) is 0 Å². The van der Waals surface area contributed by atoms with Gasteiger partial charge in [-0.1, -0.05) is 23.8 Å². The number of benzene rings is 1. The topological polar surface area (TPSA) is 119 Å². The second-order valence-electron chi connectivity index (χ2n) is 6.60. The number of nitrogens with one attached hydrogen (secondary N) is 1. The summed E-state index contributed by atoms with van der Waals surface area (Å²) in [4.78, 5) is -0.430. The summed E-state index contributed by atoms with van der Waals surface area (Å²) in [6, 6.07) is 7.36. The number of anilines is 1. The van der Waals surface area contributed by atoms with Gasteiger partial charge in [0, 0.05) is 5.69 Å². The second kappa shape index (κ2) is 8.02. The van der Waals surface area contributed by atoms with Crippen LogP contribution < -0.4 is 5.32 Å². The Hall–Kier alpha value is -0.860. The van der Waals surface area contributed by atoms with E-state index in [2.05, 4.69) is 5.32 Å². The van der Waals surface area contributed by atoms with E-state index in [1.165, 1.54) is 11.8 Å². The molecule has 0 amide bonds. The van der Waals surface area contributed by atoms with Gasteiger partial charge in [-0.25, -0.2) is 0 Å². The summed E-state index contributed by atoms with van der Waals surface area (Å²) in [6.45, 7) is 1.28. The van der Waals surface area contributed by atoms with Crippen LogP contribution in [0.5, 0.6) is 0 Å². The van der Waals surface area contributed by atoms with Crippen LogP contribution in [-0.2, 0) is 9.09 Å². The fraction of sp³-hybridized carbons (Fsp3) is 0.529. The Labute approximate surface area is 156 Å². The maximum Gasteiger partial charge on any atom is 0.241 e. The zero-order valence-electron chi connectivity index (χ0n) is 14.3. The normalized spacial score (nSPS) is 38.3. The van der Waals surface area contributed by atoms with E-state index in [0.717, 1.165) is 5.56 Å². The van der Waals surface area contributed by atoms with Gasteiger partial charge in [0.25, 0.3) is 0 Å². The Bertz CT molecular complexity index is 691. The number of hydrogen-bond donors (Lipinski definition) is 5. The fourth-order valence-electron chi connectivity index (χ4n) is 3.16. The number of hydrogen-bond acceptors (Lipinski definition) is 8. The third-order valence-corrected chi connectivity index (χ3v) is 9.59. The van der Waals surface area contributed by atoms with E-state index < -0.39 is 49.2 Å². The lowest BCUT2D eigenvalue weighted by molar-refractivity contribution is -0.117. The molecule has 3 rings (SSSR count). The number of thioether (sulfide) groups is 1. The number of rotatable bonds is 5. The minimum Gasteiger partial charge on any atom is -0.394 e. The second-order valence-corrected chi connectivity index (χ2v) is 10.7. The molecular formula is C17H24NO6PS. The van der Waals surface area contributed by atoms with Crippen molar-refractivity contribution in [2.45, 2.75) is 48.5 Å². The summed E-state index contributed by atoms with van der Waals surface area (Å²) < 4.78 is 19.5. The van der Waals surface area contributed by atoms with Crippen LogP contribution in [0.2, 0.25) is 0 Å². The zero-order valence-corrected chi connectivity index (χ0v) is 16.0. The smallest absolute Gasteiger partial charge is 0.241 e. The quantitative estimate of drug-likeness (QED) is 0.471. The fourth-order valence-corrected chi connectivity index (χ4v) is 7.84. The van der Waals surface area contributed by atoms with E-state index in [4.69, 9.17) is 4.52 Å². The average Bonchev–Trinajstić information content (AvgIpc) is 3.18. The third-order valence-electron chi connectivity index (χ3n) is 4.69. The Morgan fingerprint density at radius 2 is 2.00 bits per heavy atom. The van der Waals surface area contributed by atoms with Gasteiger partial charge in [0.1, 0.15) is 30.2 Å². The summed E-state index contributed by atoms with van der Waals surface area (Å²) in [7, 11) is -3.56. The van der Waals surface area contributed by atoms with Crippen molar-refractivity contribution in [3.63, 3.8) is 0 Å². The highest BCUT2D eigenvalue weighted by molar-refractivity contribution is 8.08. The highest BCUT2D eigenvalue weighted by atomic mass is 32.2. The maximum absolute atomic E-state index is 13.8. The van der Waals surface area contributed by atoms with E-state index in [-0.39, 0.29) is 0 Å². The van der Waals surface area contributed by atoms with Crippen molar-refractivity contribution in [2.24, 2.45) is 0 Å². The number of aliphatic hydroxyl groups is 4. The first-order valence-electron chi connectivity index (χ1n) is 8.43. The van der Waals surface area contributed by atoms with E-state index in [1.54, 1.807) is 12.1 Å². The lowest BCUT2D eigenvalue weighted by atomic mass is 10.0. The van der Waals surface area contributed by atoms with Gasteiger partial charge < -0.3 is 30.3 Å². The number of aryl methyl sites for hydroxylation is 1. The van der Waals surface area contributed by atoms with Crippen LogP contribution in [0.4, 0.5) is 5.69 Å². The molecule has 144 valence electrons. The molecule has 2 unspecified atom stereocenters. The van der Waals surface area contributed by atoms with Gasteiger partial charge in [-0.2, -0.15) is 0 Å². The molecule has 1 aromatic rings. The molecular weight excluding hydrogens is 377 g/mol. The summed E-state index contributed by atoms with van der Waals surface area (Å²) in [6.07, 6.45) is -3.30. The first kappa shape index (κ1) is 19.9. The molecule has 5 N–H and O–H groups in total. The van der Waals surface area contributed by atoms with Crippen LogP contribution in [0.15, 0.2) is 35.7 Å². The maximum atomic E-state index is 13.8. The molecule has 2 aliphatic heterocycles. The third kappa shape index (κ3) is 3.73. The Morgan fingerprint density at radius 3 is 2.58 bits per heavy atom. The van der Waals surface area contributed by atoms with E-state index in [9.17, 15) is 25.0 Å². The Balaban J connectivity index is 1.93. The minimum atomic E-state index is -3.56. The Morgan fingerprint density at radius 1 is 1.31 bits per heavy atom. The molecule has 0 radical (unpaired) electrons. The molecule has 0 aliphatic carbocycles. The van der Waals surface area contributed by atoms with Crippen LogP contribution in [0.1, 0.15) is 12.0 Å². The van der Waals surface area contributed by atoms with Gasteiger partial charge >= 0.3 is 0 Å². The zero-order chi connectivity index (χ0) is 18.9.